The van der Waals surface area contributed by atoms with Gasteiger partial charge in [-0.2, -0.15) is 0 Å². The predicted octanol–water partition coefficient (Wildman–Crippen LogP) is 3.54. The lowest BCUT2D eigenvalue weighted by atomic mass is 10.0. The van der Waals surface area contributed by atoms with Crippen molar-refractivity contribution in [3.05, 3.63) is 77.7 Å². The smallest absolute Gasteiger partial charge is 0.182 e. The highest BCUT2D eigenvalue weighted by molar-refractivity contribution is 7.92. The molecule has 2 aromatic carbocycles. The van der Waals surface area contributed by atoms with E-state index in [0.29, 0.717) is 34.8 Å². The second-order valence-electron chi connectivity index (χ2n) is 8.36. The first kappa shape index (κ1) is 23.6. The number of H-pyrrole nitrogens is 1. The number of nitrogens with one attached hydrogen (secondary N) is 2. The van der Waals surface area contributed by atoms with Crippen LogP contribution in [0, 0.1) is 0 Å². The fraction of sp³-hybridized carbons (Fsp3) is 0.240. The number of fused-ring (bicyclic) bond motifs is 1. The van der Waals surface area contributed by atoms with Crippen LogP contribution in [0.5, 0.6) is 0 Å². The van der Waals surface area contributed by atoms with Crippen molar-refractivity contribution in [2.75, 3.05) is 11.9 Å². The fourth-order valence-electron chi connectivity index (χ4n) is 3.69. The molecule has 0 unspecified atom stereocenters. The Balaban J connectivity index is 1.69. The van der Waals surface area contributed by atoms with Crippen LogP contribution >= 0.6 is 0 Å². The molecule has 0 bridgehead atoms. The summed E-state index contributed by atoms with van der Waals surface area (Å²) in [7, 11) is -3.50. The SMILES string of the molecule is CC(C)S(=O)(=O)c1ccccc1Nc1nc(Cc2cccc(CC(=O)CN)c2)nc2cc[nH]c12. The molecule has 8 nitrogen and oxygen atoms in total. The summed E-state index contributed by atoms with van der Waals surface area (Å²) in [6.45, 7) is 3.33. The Morgan fingerprint density at radius 1 is 1.06 bits per heavy atom. The lowest BCUT2D eigenvalue weighted by Crippen LogP contribution is -2.16. The maximum Gasteiger partial charge on any atom is 0.182 e. The molecule has 0 aliphatic rings. The van der Waals surface area contributed by atoms with Crippen LogP contribution in [0.1, 0.15) is 30.8 Å². The molecule has 0 aliphatic heterocycles. The van der Waals surface area contributed by atoms with Crippen molar-refractivity contribution in [3.8, 4) is 0 Å². The maximum atomic E-state index is 12.9. The number of carbonyl (C=O) groups is 1. The Morgan fingerprint density at radius 3 is 2.59 bits per heavy atom. The number of benzene rings is 2. The average Bonchev–Trinajstić information content (AvgIpc) is 3.28. The van der Waals surface area contributed by atoms with Gasteiger partial charge >= 0.3 is 0 Å². The van der Waals surface area contributed by atoms with Gasteiger partial charge in [0.2, 0.25) is 0 Å². The van der Waals surface area contributed by atoms with E-state index < -0.39 is 15.1 Å². The summed E-state index contributed by atoms with van der Waals surface area (Å²) in [5.74, 6) is 1.04. The van der Waals surface area contributed by atoms with Gasteiger partial charge in [0.1, 0.15) is 11.3 Å². The molecule has 34 heavy (non-hydrogen) atoms. The van der Waals surface area contributed by atoms with E-state index in [9.17, 15) is 13.2 Å². The third-order valence-electron chi connectivity index (χ3n) is 5.50. The minimum Gasteiger partial charge on any atom is -0.357 e. The lowest BCUT2D eigenvalue weighted by Gasteiger charge is -2.15. The van der Waals surface area contributed by atoms with Crippen molar-refractivity contribution in [3.63, 3.8) is 0 Å². The molecule has 0 saturated heterocycles. The van der Waals surface area contributed by atoms with E-state index in [1.165, 1.54) is 0 Å². The fourth-order valence-corrected chi connectivity index (χ4v) is 4.90. The van der Waals surface area contributed by atoms with Gasteiger partial charge in [-0.1, -0.05) is 36.4 Å². The Hall–Kier alpha value is -3.56. The van der Waals surface area contributed by atoms with Crippen molar-refractivity contribution in [1.29, 1.82) is 0 Å². The molecule has 9 heteroatoms. The van der Waals surface area contributed by atoms with Gasteiger partial charge in [0.15, 0.2) is 21.4 Å². The predicted molar refractivity (Wildman–Crippen MR) is 133 cm³/mol. The van der Waals surface area contributed by atoms with Crippen LogP contribution in [0.2, 0.25) is 0 Å². The first-order valence-electron chi connectivity index (χ1n) is 11.0. The second-order valence-corrected chi connectivity index (χ2v) is 10.8. The number of aromatic amines is 1. The van der Waals surface area contributed by atoms with E-state index in [1.54, 1.807) is 44.3 Å². The third kappa shape index (κ3) is 5.00. The number of rotatable bonds is 9. The molecule has 4 rings (SSSR count). The van der Waals surface area contributed by atoms with Crippen LogP contribution in [0.25, 0.3) is 11.0 Å². The van der Waals surface area contributed by atoms with Crippen molar-refractivity contribution in [1.82, 2.24) is 15.0 Å². The molecule has 2 heterocycles. The minimum absolute atomic E-state index is 0.0144. The van der Waals surface area contributed by atoms with Gasteiger partial charge < -0.3 is 16.0 Å². The van der Waals surface area contributed by atoms with Crippen LogP contribution in [-0.2, 0) is 27.5 Å². The Kier molecular flexibility index (Phi) is 6.76. The largest absolute Gasteiger partial charge is 0.357 e. The van der Waals surface area contributed by atoms with Gasteiger partial charge in [-0.3, -0.25) is 4.79 Å². The molecular formula is C25H27N5O3S. The topological polar surface area (TPSA) is 131 Å². The molecule has 0 atom stereocenters. The number of ketones is 1. The van der Waals surface area contributed by atoms with Crippen LogP contribution < -0.4 is 11.1 Å². The molecule has 0 radical (unpaired) electrons. The van der Waals surface area contributed by atoms with Crippen LogP contribution in [0.15, 0.2) is 65.7 Å². The summed E-state index contributed by atoms with van der Waals surface area (Å²) in [6.07, 6.45) is 2.51. The number of hydrogen-bond donors (Lipinski definition) is 3. The number of hydrogen-bond acceptors (Lipinski definition) is 7. The van der Waals surface area contributed by atoms with Crippen LogP contribution in [0.4, 0.5) is 11.5 Å². The monoisotopic (exact) mass is 477 g/mol. The number of sulfone groups is 1. The molecule has 0 spiro atoms. The molecule has 4 N–H and O–H groups in total. The summed E-state index contributed by atoms with van der Waals surface area (Å²) in [5, 5.41) is 2.66. The number of nitrogens with zero attached hydrogens (tertiary/aromatic N) is 2. The third-order valence-corrected chi connectivity index (χ3v) is 7.71. The highest BCUT2D eigenvalue weighted by Gasteiger charge is 2.23. The summed E-state index contributed by atoms with van der Waals surface area (Å²) in [6, 6.07) is 16.4. The van der Waals surface area contributed by atoms with Gasteiger partial charge in [0.25, 0.3) is 0 Å². The normalized spacial score (nSPS) is 11.8. The number of para-hydroxylation sites is 1. The highest BCUT2D eigenvalue weighted by atomic mass is 32.2. The van der Waals surface area contributed by atoms with E-state index >= 15 is 0 Å². The quantitative estimate of drug-likeness (QED) is 0.336. The number of nitrogens with two attached hydrogens (primary N) is 1. The summed E-state index contributed by atoms with van der Waals surface area (Å²) < 4.78 is 25.8. The Labute approximate surface area is 198 Å². The zero-order valence-electron chi connectivity index (χ0n) is 19.1. The zero-order valence-corrected chi connectivity index (χ0v) is 19.9. The van der Waals surface area contributed by atoms with E-state index in [2.05, 4.69) is 15.3 Å². The highest BCUT2D eigenvalue weighted by Crippen LogP contribution is 2.29. The van der Waals surface area contributed by atoms with Crippen LogP contribution in [0.3, 0.4) is 0 Å². The van der Waals surface area contributed by atoms with Crippen molar-refractivity contribution < 1.29 is 13.2 Å². The van der Waals surface area contributed by atoms with E-state index in [4.69, 9.17) is 10.7 Å². The van der Waals surface area contributed by atoms with E-state index in [1.807, 2.05) is 30.3 Å². The molecule has 0 fully saturated rings. The zero-order chi connectivity index (χ0) is 24.3. The van der Waals surface area contributed by atoms with E-state index in [0.717, 1.165) is 11.1 Å². The molecule has 4 aromatic rings. The molecular weight excluding hydrogens is 450 g/mol. The number of anilines is 2. The molecule has 0 amide bonds. The minimum atomic E-state index is -3.50. The summed E-state index contributed by atoms with van der Waals surface area (Å²) >= 11 is 0. The van der Waals surface area contributed by atoms with Crippen LogP contribution in [-0.4, -0.2) is 40.9 Å². The first-order chi connectivity index (χ1) is 16.3. The first-order valence-corrected chi connectivity index (χ1v) is 12.6. The van der Waals surface area contributed by atoms with Crippen molar-refractivity contribution >= 4 is 38.2 Å². The van der Waals surface area contributed by atoms with Gasteiger partial charge in [-0.25, -0.2) is 18.4 Å². The van der Waals surface area contributed by atoms with Crippen molar-refractivity contribution in [2.45, 2.75) is 36.8 Å². The second kappa shape index (κ2) is 9.74. The average molecular weight is 478 g/mol. The summed E-state index contributed by atoms with van der Waals surface area (Å²) in [4.78, 5) is 24.4. The van der Waals surface area contributed by atoms with E-state index in [-0.39, 0.29) is 23.6 Å². The van der Waals surface area contributed by atoms with Gasteiger partial charge in [0, 0.05) is 19.0 Å². The Bertz CT molecular complexity index is 1440. The Morgan fingerprint density at radius 2 is 1.82 bits per heavy atom. The van der Waals surface area contributed by atoms with Crippen molar-refractivity contribution in [2.24, 2.45) is 5.73 Å². The molecule has 176 valence electrons. The standard InChI is InChI=1S/C25H27N5O3S/c1-16(2)34(32,33)22-9-4-3-8-20(22)29-25-24-21(10-11-27-24)28-23(30-25)14-18-7-5-6-17(12-18)13-19(31)15-26/h3-12,16,27H,13-15,26H2,1-2H3,(H,28,29,30). The lowest BCUT2D eigenvalue weighted by molar-refractivity contribution is -0.117. The molecule has 2 aromatic heterocycles. The number of Topliss-reactive ketones (excluding diaryl/α,β-unsaturated/α-hetero) is 1. The number of carbonyl (C=O) groups excluding carboxylic acids is 1. The van der Waals surface area contributed by atoms with Gasteiger partial charge in [0.05, 0.1) is 27.9 Å². The number of aromatic nitrogens is 3. The molecule has 0 aliphatic carbocycles. The molecule has 0 saturated carbocycles. The maximum absolute atomic E-state index is 12.9. The van der Waals surface area contributed by atoms with Gasteiger partial charge in [-0.05, 0) is 43.2 Å². The summed E-state index contributed by atoms with van der Waals surface area (Å²) in [5.41, 5.74) is 9.15. The van der Waals surface area contributed by atoms with Gasteiger partial charge in [-0.15, -0.1) is 0 Å².